The molecule has 0 bridgehead atoms. The summed E-state index contributed by atoms with van der Waals surface area (Å²) in [6, 6.07) is 25.2. The van der Waals surface area contributed by atoms with Crippen molar-refractivity contribution in [3.63, 3.8) is 0 Å². The number of thiazole rings is 1. The zero-order valence-electron chi connectivity index (χ0n) is 21.3. The fraction of sp³-hybridized carbons (Fsp3) is 0.156. The van der Waals surface area contributed by atoms with Crippen LogP contribution < -0.4 is 10.6 Å². The standard InChI is InChI=1S/C32H23Cl2N3O2S/c33-23-12-8-19(9-13-23)16-22-5-3-6-25-29(22)36-37(30(25)20-10-14-24(34)15-11-20)32-35-18-28(40-32)26-17-21-4-1-2-7-27(21)39-31(26)38/h1-2,4,7-18,25,30H,3,5-6H2/t25-,30+/m0/s1. The number of rotatable bonds is 4. The van der Waals surface area contributed by atoms with Gasteiger partial charge in [-0.2, -0.15) is 5.10 Å². The number of fused-ring (bicyclic) bond motifs is 2. The van der Waals surface area contributed by atoms with Crippen molar-refractivity contribution in [1.82, 2.24) is 4.98 Å². The largest absolute Gasteiger partial charge is 0.422 e. The lowest BCUT2D eigenvalue weighted by Crippen LogP contribution is -2.28. The molecule has 198 valence electrons. The molecule has 2 aromatic heterocycles. The zero-order valence-corrected chi connectivity index (χ0v) is 23.6. The quantitative estimate of drug-likeness (QED) is 0.198. The van der Waals surface area contributed by atoms with Gasteiger partial charge < -0.3 is 4.42 Å². The van der Waals surface area contributed by atoms with E-state index in [9.17, 15) is 4.79 Å². The maximum absolute atomic E-state index is 12.9. The predicted octanol–water partition coefficient (Wildman–Crippen LogP) is 9.02. The number of hydrazone groups is 1. The molecule has 2 atom stereocenters. The second-order valence-electron chi connectivity index (χ2n) is 10.0. The lowest BCUT2D eigenvalue weighted by Gasteiger charge is -2.29. The van der Waals surface area contributed by atoms with Gasteiger partial charge in [-0.3, -0.25) is 0 Å². The number of hydrogen-bond donors (Lipinski definition) is 0. The van der Waals surface area contributed by atoms with E-state index < -0.39 is 0 Å². The van der Waals surface area contributed by atoms with E-state index in [0.29, 0.717) is 16.2 Å². The van der Waals surface area contributed by atoms with E-state index in [1.807, 2.05) is 65.7 Å². The summed E-state index contributed by atoms with van der Waals surface area (Å²) in [7, 11) is 0. The van der Waals surface area contributed by atoms with E-state index in [4.69, 9.17) is 37.7 Å². The summed E-state index contributed by atoms with van der Waals surface area (Å²) in [5.41, 5.74) is 5.23. The first-order chi connectivity index (χ1) is 19.5. The van der Waals surface area contributed by atoms with Crippen molar-refractivity contribution in [2.75, 3.05) is 5.01 Å². The van der Waals surface area contributed by atoms with Gasteiger partial charge in [0, 0.05) is 27.5 Å². The Bertz CT molecular complexity index is 1840. The van der Waals surface area contributed by atoms with Crippen LogP contribution in [0.5, 0.6) is 0 Å². The monoisotopic (exact) mass is 583 g/mol. The van der Waals surface area contributed by atoms with Crippen molar-refractivity contribution in [2.24, 2.45) is 11.0 Å². The SMILES string of the molecule is O=c1oc2ccccc2cc1-c1cnc(N2N=C3C(=Cc4ccc(Cl)cc4)CCC[C@@H]3[C@H]2c2ccc(Cl)cc2)s1. The number of aromatic nitrogens is 1. The van der Waals surface area contributed by atoms with Crippen LogP contribution in [0, 0.1) is 5.92 Å². The van der Waals surface area contributed by atoms with Crippen LogP contribution in [-0.2, 0) is 0 Å². The van der Waals surface area contributed by atoms with Crippen molar-refractivity contribution >= 4 is 62.4 Å². The number of para-hydroxylation sites is 1. The normalized spacial score (nSPS) is 19.7. The van der Waals surface area contributed by atoms with Crippen molar-refractivity contribution in [3.8, 4) is 10.4 Å². The molecular weight excluding hydrogens is 561 g/mol. The molecular formula is C32H23Cl2N3O2S. The number of benzene rings is 3. The predicted molar refractivity (Wildman–Crippen MR) is 164 cm³/mol. The molecule has 40 heavy (non-hydrogen) atoms. The summed E-state index contributed by atoms with van der Waals surface area (Å²) < 4.78 is 5.59. The number of nitrogens with zero attached hydrogens (tertiary/aromatic N) is 3. The molecule has 3 heterocycles. The number of allylic oxidation sites excluding steroid dienone is 1. The Morgan fingerprint density at radius 3 is 2.52 bits per heavy atom. The van der Waals surface area contributed by atoms with Gasteiger partial charge in [-0.1, -0.05) is 77.0 Å². The van der Waals surface area contributed by atoms with Gasteiger partial charge in [-0.15, -0.1) is 0 Å². The third kappa shape index (κ3) is 4.66. The second-order valence-corrected chi connectivity index (χ2v) is 11.9. The van der Waals surface area contributed by atoms with E-state index >= 15 is 0 Å². The molecule has 0 N–H and O–H groups in total. The lowest BCUT2D eigenvalue weighted by molar-refractivity contribution is 0.487. The van der Waals surface area contributed by atoms with E-state index in [1.54, 1.807) is 12.3 Å². The molecule has 0 unspecified atom stereocenters. The first-order valence-corrected chi connectivity index (χ1v) is 14.7. The van der Waals surface area contributed by atoms with Gasteiger partial charge in [-0.05, 0) is 78.4 Å². The maximum atomic E-state index is 12.9. The zero-order chi connectivity index (χ0) is 27.2. The van der Waals surface area contributed by atoms with E-state index in [2.05, 4.69) is 18.2 Å². The topological polar surface area (TPSA) is 58.7 Å². The molecule has 1 aliphatic carbocycles. The summed E-state index contributed by atoms with van der Waals surface area (Å²) in [5, 5.41) is 10.2. The van der Waals surface area contributed by atoms with Crippen LogP contribution in [0.2, 0.25) is 10.0 Å². The van der Waals surface area contributed by atoms with E-state index in [1.165, 1.54) is 16.9 Å². The molecule has 8 heteroatoms. The Morgan fingerprint density at radius 2 is 1.73 bits per heavy atom. The fourth-order valence-electron chi connectivity index (χ4n) is 5.64. The van der Waals surface area contributed by atoms with Crippen LogP contribution in [0.15, 0.2) is 105 Å². The van der Waals surface area contributed by atoms with Gasteiger partial charge in [0.25, 0.3) is 0 Å². The highest BCUT2D eigenvalue weighted by atomic mass is 35.5. The van der Waals surface area contributed by atoms with Gasteiger partial charge >= 0.3 is 5.63 Å². The van der Waals surface area contributed by atoms with E-state index in [0.717, 1.165) is 56.5 Å². The van der Waals surface area contributed by atoms with Crippen LogP contribution in [0.4, 0.5) is 5.13 Å². The van der Waals surface area contributed by atoms with Crippen molar-refractivity contribution < 1.29 is 4.42 Å². The minimum absolute atomic E-state index is 0.0341. The van der Waals surface area contributed by atoms with Gasteiger partial charge in [0.1, 0.15) is 5.58 Å². The van der Waals surface area contributed by atoms with Crippen LogP contribution >= 0.6 is 34.5 Å². The van der Waals surface area contributed by atoms with Crippen LogP contribution in [0.3, 0.4) is 0 Å². The Labute approximate surface area is 245 Å². The van der Waals surface area contributed by atoms with Gasteiger partial charge in [-0.25, -0.2) is 14.8 Å². The molecule has 5 aromatic rings. The van der Waals surface area contributed by atoms with Crippen LogP contribution in [-0.4, -0.2) is 10.7 Å². The third-order valence-electron chi connectivity index (χ3n) is 7.52. The average molecular weight is 585 g/mol. The second kappa shape index (κ2) is 10.4. The molecule has 1 fully saturated rings. The summed E-state index contributed by atoms with van der Waals surface area (Å²) in [6.07, 6.45) is 7.01. The molecule has 1 aliphatic heterocycles. The molecule has 7 rings (SSSR count). The molecule has 0 radical (unpaired) electrons. The average Bonchev–Trinajstić information content (AvgIpc) is 3.60. The van der Waals surface area contributed by atoms with Gasteiger partial charge in [0.15, 0.2) is 0 Å². The highest BCUT2D eigenvalue weighted by molar-refractivity contribution is 7.18. The fourth-order valence-corrected chi connectivity index (χ4v) is 6.80. The maximum Gasteiger partial charge on any atom is 0.345 e. The Kier molecular flexibility index (Phi) is 6.54. The summed E-state index contributed by atoms with van der Waals surface area (Å²) >= 11 is 13.8. The first kappa shape index (κ1) is 25.3. The Balaban J connectivity index is 1.31. The van der Waals surface area contributed by atoms with Crippen molar-refractivity contribution in [1.29, 1.82) is 0 Å². The van der Waals surface area contributed by atoms with Gasteiger partial charge in [0.2, 0.25) is 5.13 Å². The van der Waals surface area contributed by atoms with Crippen LogP contribution in [0.25, 0.3) is 27.5 Å². The molecule has 3 aromatic carbocycles. The minimum Gasteiger partial charge on any atom is -0.422 e. The molecule has 2 aliphatic rings. The third-order valence-corrected chi connectivity index (χ3v) is 9.04. The molecule has 0 saturated heterocycles. The van der Waals surface area contributed by atoms with Crippen molar-refractivity contribution in [3.05, 3.63) is 122 Å². The lowest BCUT2D eigenvalue weighted by atomic mass is 9.77. The summed E-state index contributed by atoms with van der Waals surface area (Å²) in [6.45, 7) is 0. The van der Waals surface area contributed by atoms with E-state index in [-0.39, 0.29) is 17.6 Å². The van der Waals surface area contributed by atoms with Crippen LogP contribution in [0.1, 0.15) is 36.4 Å². The highest BCUT2D eigenvalue weighted by Gasteiger charge is 2.43. The molecule has 0 amide bonds. The summed E-state index contributed by atoms with van der Waals surface area (Å²) in [5.74, 6) is 0.201. The minimum atomic E-state index is -0.377. The Morgan fingerprint density at radius 1 is 0.975 bits per heavy atom. The highest BCUT2D eigenvalue weighted by Crippen LogP contribution is 2.47. The smallest absolute Gasteiger partial charge is 0.345 e. The number of hydrogen-bond acceptors (Lipinski definition) is 6. The van der Waals surface area contributed by atoms with Crippen molar-refractivity contribution in [2.45, 2.75) is 25.3 Å². The Hall–Kier alpha value is -3.71. The molecule has 0 spiro atoms. The number of halogens is 2. The molecule has 5 nitrogen and oxygen atoms in total. The first-order valence-electron chi connectivity index (χ1n) is 13.1. The molecule has 1 saturated carbocycles. The summed E-state index contributed by atoms with van der Waals surface area (Å²) in [4.78, 5) is 18.4. The number of anilines is 1. The van der Waals surface area contributed by atoms with Gasteiger partial charge in [0.05, 0.1) is 22.2 Å².